The second kappa shape index (κ2) is 7.59. The zero-order valence-corrected chi connectivity index (χ0v) is 14.7. The first-order chi connectivity index (χ1) is 12.4. The molecule has 1 aromatic heterocycles. The maximum atomic E-state index is 10.8. The van der Waals surface area contributed by atoms with Gasteiger partial charge in [0, 0.05) is 28.3 Å². The Labute approximate surface area is 156 Å². The number of hydrogen-bond acceptors (Lipinski definition) is 6. The van der Waals surface area contributed by atoms with Gasteiger partial charge in [0.05, 0.1) is 4.92 Å². The molecule has 0 unspecified atom stereocenters. The molecule has 0 saturated carbocycles. The summed E-state index contributed by atoms with van der Waals surface area (Å²) < 4.78 is 5.73. The second-order valence-corrected chi connectivity index (χ2v) is 6.51. The molecule has 0 aliphatic heterocycles. The number of thioether (sulfide) groups is 1. The maximum absolute atomic E-state index is 10.8. The molecule has 0 saturated heterocycles. The van der Waals surface area contributed by atoms with Crippen LogP contribution in [0.1, 0.15) is 0 Å². The minimum atomic E-state index is -0.988. The van der Waals surface area contributed by atoms with Crippen LogP contribution in [0.15, 0.2) is 58.2 Å². The van der Waals surface area contributed by atoms with Crippen molar-refractivity contribution in [3.05, 3.63) is 63.7 Å². The van der Waals surface area contributed by atoms with Gasteiger partial charge in [0.25, 0.3) is 10.9 Å². The highest BCUT2D eigenvalue weighted by atomic mass is 35.5. The average Bonchev–Trinajstić information content (AvgIpc) is 3.05. The Morgan fingerprint density at radius 1 is 1.15 bits per heavy atom. The van der Waals surface area contributed by atoms with Crippen LogP contribution < -0.4 is 0 Å². The van der Waals surface area contributed by atoms with Gasteiger partial charge in [0.1, 0.15) is 11.4 Å². The van der Waals surface area contributed by atoms with Crippen molar-refractivity contribution in [3.63, 3.8) is 0 Å². The van der Waals surface area contributed by atoms with Crippen molar-refractivity contribution in [3.8, 4) is 22.6 Å². The predicted molar refractivity (Wildman–Crippen MR) is 97.4 cm³/mol. The van der Waals surface area contributed by atoms with E-state index in [9.17, 15) is 14.9 Å². The largest absolute Gasteiger partial charge is 0.481 e. The average molecular weight is 391 g/mol. The van der Waals surface area contributed by atoms with Gasteiger partial charge in [0.2, 0.25) is 0 Å². The van der Waals surface area contributed by atoms with Gasteiger partial charge in [-0.05, 0) is 36.4 Å². The Bertz CT molecular complexity index is 954. The van der Waals surface area contributed by atoms with Gasteiger partial charge < -0.3 is 9.52 Å². The molecule has 1 N–H and O–H groups in total. The normalized spacial score (nSPS) is 10.7. The highest BCUT2D eigenvalue weighted by Gasteiger charge is 2.19. The molecule has 3 rings (SSSR count). The number of nitro benzene ring substituents is 1. The van der Waals surface area contributed by atoms with Crippen LogP contribution in [0.25, 0.3) is 22.6 Å². The lowest BCUT2D eigenvalue weighted by Gasteiger charge is -2.02. The molecule has 7 nitrogen and oxygen atoms in total. The molecule has 0 amide bonds. The minimum absolute atomic E-state index is 0.0363. The van der Waals surface area contributed by atoms with Crippen LogP contribution in [-0.2, 0) is 4.79 Å². The van der Waals surface area contributed by atoms with Gasteiger partial charge >= 0.3 is 5.97 Å². The SMILES string of the molecule is O=C(O)CSc1nc(-c2ccc([N+](=O)[O-])cc2)c(-c2ccc(Cl)cc2)o1. The van der Waals surface area contributed by atoms with E-state index in [1.54, 1.807) is 36.4 Å². The van der Waals surface area contributed by atoms with Crippen molar-refractivity contribution in [2.24, 2.45) is 0 Å². The van der Waals surface area contributed by atoms with Gasteiger partial charge in [0.15, 0.2) is 5.76 Å². The monoisotopic (exact) mass is 390 g/mol. The molecule has 0 aliphatic rings. The van der Waals surface area contributed by atoms with Crippen LogP contribution >= 0.6 is 23.4 Å². The van der Waals surface area contributed by atoms with Crippen molar-refractivity contribution >= 4 is 35.0 Å². The van der Waals surface area contributed by atoms with Crippen LogP contribution in [-0.4, -0.2) is 26.7 Å². The molecule has 0 spiro atoms. The number of non-ortho nitro benzene ring substituents is 1. The molecule has 3 aromatic rings. The van der Waals surface area contributed by atoms with Crippen LogP contribution in [0.2, 0.25) is 5.02 Å². The van der Waals surface area contributed by atoms with Gasteiger partial charge in [-0.3, -0.25) is 14.9 Å². The number of aliphatic carboxylic acids is 1. The third-order valence-electron chi connectivity index (χ3n) is 3.38. The molecule has 1 heterocycles. The summed E-state index contributed by atoms with van der Waals surface area (Å²) in [5, 5.41) is 20.4. The van der Waals surface area contributed by atoms with Crippen molar-refractivity contribution in [1.82, 2.24) is 4.98 Å². The number of hydrogen-bond donors (Lipinski definition) is 1. The minimum Gasteiger partial charge on any atom is -0.481 e. The van der Waals surface area contributed by atoms with Gasteiger partial charge in [-0.25, -0.2) is 4.98 Å². The number of nitro groups is 1. The third-order valence-corrected chi connectivity index (χ3v) is 4.45. The Balaban J connectivity index is 2.04. The first kappa shape index (κ1) is 18.0. The van der Waals surface area contributed by atoms with E-state index in [-0.39, 0.29) is 16.7 Å². The van der Waals surface area contributed by atoms with Gasteiger partial charge in [-0.2, -0.15) is 0 Å². The molecular weight excluding hydrogens is 380 g/mol. The zero-order valence-electron chi connectivity index (χ0n) is 13.1. The Morgan fingerprint density at radius 2 is 1.77 bits per heavy atom. The molecular formula is C17H11ClN2O5S. The van der Waals surface area contributed by atoms with E-state index in [0.29, 0.717) is 27.6 Å². The standard InChI is InChI=1S/C17H11ClN2O5S/c18-12-5-1-11(2-6-12)16-15(19-17(25-16)26-9-14(21)22)10-3-7-13(8-4-10)20(23)24/h1-8H,9H2,(H,21,22). The number of halogens is 1. The topological polar surface area (TPSA) is 106 Å². The fourth-order valence-corrected chi connectivity index (χ4v) is 2.89. The van der Waals surface area contributed by atoms with Crippen molar-refractivity contribution in [2.45, 2.75) is 5.22 Å². The molecule has 0 aliphatic carbocycles. The van der Waals surface area contributed by atoms with Crippen molar-refractivity contribution < 1.29 is 19.2 Å². The van der Waals surface area contributed by atoms with E-state index in [0.717, 1.165) is 11.8 Å². The summed E-state index contributed by atoms with van der Waals surface area (Å²) in [6.45, 7) is 0. The molecule has 132 valence electrons. The Morgan fingerprint density at radius 3 is 2.35 bits per heavy atom. The number of benzene rings is 2. The van der Waals surface area contributed by atoms with Crippen molar-refractivity contribution in [2.75, 3.05) is 5.75 Å². The number of carboxylic acid groups (broad SMARTS) is 1. The molecule has 0 bridgehead atoms. The molecule has 9 heteroatoms. The number of carbonyl (C=O) groups is 1. The zero-order chi connectivity index (χ0) is 18.7. The summed E-state index contributed by atoms with van der Waals surface area (Å²) in [7, 11) is 0. The summed E-state index contributed by atoms with van der Waals surface area (Å²) in [5.74, 6) is -0.748. The highest BCUT2D eigenvalue weighted by molar-refractivity contribution is 7.99. The van der Waals surface area contributed by atoms with E-state index in [2.05, 4.69) is 4.98 Å². The predicted octanol–water partition coefficient (Wildman–Crippen LogP) is 4.75. The summed E-state index contributed by atoms with van der Waals surface area (Å²) >= 11 is 6.87. The van der Waals surface area contributed by atoms with E-state index in [1.165, 1.54) is 12.1 Å². The van der Waals surface area contributed by atoms with Crippen LogP contribution in [0.5, 0.6) is 0 Å². The lowest BCUT2D eigenvalue weighted by atomic mass is 10.1. The van der Waals surface area contributed by atoms with E-state index in [4.69, 9.17) is 21.1 Å². The number of oxazole rings is 1. The van der Waals surface area contributed by atoms with Gasteiger partial charge in [-0.1, -0.05) is 23.4 Å². The Kier molecular flexibility index (Phi) is 5.24. The highest BCUT2D eigenvalue weighted by Crippen LogP contribution is 2.36. The number of nitrogens with zero attached hydrogens (tertiary/aromatic N) is 2. The van der Waals surface area contributed by atoms with Crippen LogP contribution in [0.3, 0.4) is 0 Å². The fraction of sp³-hybridized carbons (Fsp3) is 0.0588. The molecule has 2 aromatic carbocycles. The quantitative estimate of drug-likeness (QED) is 0.367. The number of carboxylic acids is 1. The summed E-state index contributed by atoms with van der Waals surface area (Å²) in [4.78, 5) is 25.5. The second-order valence-electron chi connectivity index (χ2n) is 5.15. The Hall–Kier alpha value is -2.84. The smallest absolute Gasteiger partial charge is 0.314 e. The molecule has 0 fully saturated rings. The molecule has 0 atom stereocenters. The molecule has 0 radical (unpaired) electrons. The fourth-order valence-electron chi connectivity index (χ4n) is 2.22. The van der Waals surface area contributed by atoms with Crippen LogP contribution in [0, 0.1) is 10.1 Å². The third kappa shape index (κ3) is 4.04. The first-order valence-electron chi connectivity index (χ1n) is 7.30. The lowest BCUT2D eigenvalue weighted by molar-refractivity contribution is -0.384. The number of rotatable bonds is 6. The molecule has 26 heavy (non-hydrogen) atoms. The van der Waals surface area contributed by atoms with E-state index < -0.39 is 10.9 Å². The van der Waals surface area contributed by atoms with E-state index in [1.807, 2.05) is 0 Å². The van der Waals surface area contributed by atoms with Crippen molar-refractivity contribution in [1.29, 1.82) is 0 Å². The van der Waals surface area contributed by atoms with Crippen LogP contribution in [0.4, 0.5) is 5.69 Å². The lowest BCUT2D eigenvalue weighted by Crippen LogP contribution is -1.97. The maximum Gasteiger partial charge on any atom is 0.314 e. The van der Waals surface area contributed by atoms with E-state index >= 15 is 0 Å². The summed E-state index contributed by atoms with van der Waals surface area (Å²) in [6, 6.07) is 12.8. The van der Waals surface area contributed by atoms with Gasteiger partial charge in [-0.15, -0.1) is 0 Å². The number of aromatic nitrogens is 1. The first-order valence-corrected chi connectivity index (χ1v) is 8.66. The summed E-state index contributed by atoms with van der Waals surface area (Å²) in [6.07, 6.45) is 0. The summed E-state index contributed by atoms with van der Waals surface area (Å²) in [5.41, 5.74) is 1.75.